The second-order valence-corrected chi connectivity index (χ2v) is 11.5. The Kier molecular flexibility index (Phi) is 5.80. The molecule has 5 nitrogen and oxygen atoms in total. The molecular weight excluding hydrogens is 364 g/mol. The average Bonchev–Trinajstić information content (AvgIpc) is 3.04. The van der Waals surface area contributed by atoms with E-state index in [0.717, 1.165) is 32.1 Å². The minimum absolute atomic E-state index is 0.0681. The van der Waals surface area contributed by atoms with Gasteiger partial charge in [0.05, 0.1) is 12.2 Å². The molecule has 4 aliphatic carbocycles. The predicted molar refractivity (Wildman–Crippen MR) is 113 cm³/mol. The molecule has 0 aliphatic heterocycles. The fraction of sp³-hybridized carbons (Fsp3) is 0.958. The number of hydrazine groups is 1. The summed E-state index contributed by atoms with van der Waals surface area (Å²) >= 11 is 0. The SMILES string of the molecule is C[C@H](CCC(=O)NN)[C@@H]1CC[C@@H]2[C@H]3[C@H](O)C[C@H]4C[C@@H](O)CC[C@]4(C)[C@@H]3CC[C@@]21C. The van der Waals surface area contributed by atoms with Gasteiger partial charge in [0.15, 0.2) is 0 Å². The lowest BCUT2D eigenvalue weighted by atomic mass is 9.43. The Bertz CT molecular complexity index is 627. The Morgan fingerprint density at radius 3 is 2.48 bits per heavy atom. The van der Waals surface area contributed by atoms with Crippen LogP contribution in [0.2, 0.25) is 0 Å². The van der Waals surface area contributed by atoms with Crippen molar-refractivity contribution in [2.45, 2.75) is 97.2 Å². The maximum atomic E-state index is 11.6. The summed E-state index contributed by atoms with van der Waals surface area (Å²) in [5.74, 6) is 8.40. The van der Waals surface area contributed by atoms with E-state index in [1.807, 2.05) is 0 Å². The first-order chi connectivity index (χ1) is 13.7. The van der Waals surface area contributed by atoms with Crippen LogP contribution in [0.3, 0.4) is 0 Å². The number of hydrogen-bond acceptors (Lipinski definition) is 4. The lowest BCUT2D eigenvalue weighted by Gasteiger charge is -2.62. The molecule has 0 spiro atoms. The molecule has 0 aromatic carbocycles. The molecule has 166 valence electrons. The highest BCUT2D eigenvalue weighted by Crippen LogP contribution is 2.68. The zero-order valence-electron chi connectivity index (χ0n) is 18.6. The predicted octanol–water partition coefficient (Wildman–Crippen LogP) is 3.38. The van der Waals surface area contributed by atoms with Gasteiger partial charge in [-0.15, -0.1) is 0 Å². The fourth-order valence-electron chi connectivity index (χ4n) is 8.81. The number of carbonyl (C=O) groups is 1. The number of carbonyl (C=O) groups excluding carboxylic acids is 1. The second kappa shape index (κ2) is 7.80. The quantitative estimate of drug-likeness (QED) is 0.327. The maximum absolute atomic E-state index is 11.6. The van der Waals surface area contributed by atoms with E-state index in [2.05, 4.69) is 26.2 Å². The van der Waals surface area contributed by atoms with Crippen LogP contribution < -0.4 is 11.3 Å². The van der Waals surface area contributed by atoms with E-state index in [1.165, 1.54) is 25.7 Å². The molecule has 0 saturated heterocycles. The van der Waals surface area contributed by atoms with Crippen LogP contribution in [0, 0.1) is 46.3 Å². The van der Waals surface area contributed by atoms with Crippen LogP contribution in [0.15, 0.2) is 0 Å². The Morgan fingerprint density at radius 1 is 1.07 bits per heavy atom. The molecule has 4 fully saturated rings. The van der Waals surface area contributed by atoms with Crippen molar-refractivity contribution in [3.05, 3.63) is 0 Å². The van der Waals surface area contributed by atoms with Gasteiger partial charge in [-0.05, 0) is 104 Å². The molecule has 29 heavy (non-hydrogen) atoms. The van der Waals surface area contributed by atoms with Crippen molar-refractivity contribution in [3.63, 3.8) is 0 Å². The molecule has 0 aromatic heterocycles. The van der Waals surface area contributed by atoms with Crippen LogP contribution in [0.5, 0.6) is 0 Å². The number of rotatable bonds is 4. The molecular formula is C24H42N2O3. The normalized spacial score (nSPS) is 50.2. The average molecular weight is 407 g/mol. The topological polar surface area (TPSA) is 95.6 Å². The van der Waals surface area contributed by atoms with Crippen LogP contribution in [0.25, 0.3) is 0 Å². The van der Waals surface area contributed by atoms with Gasteiger partial charge in [-0.25, -0.2) is 5.84 Å². The lowest BCUT2D eigenvalue weighted by molar-refractivity contribution is -0.174. The van der Waals surface area contributed by atoms with Crippen LogP contribution in [0.4, 0.5) is 0 Å². The number of nitrogens with two attached hydrogens (primary N) is 1. The van der Waals surface area contributed by atoms with E-state index < -0.39 is 0 Å². The summed E-state index contributed by atoms with van der Waals surface area (Å²) in [5, 5.41) is 21.5. The first kappa shape index (κ1) is 21.6. The van der Waals surface area contributed by atoms with Gasteiger partial charge in [-0.3, -0.25) is 10.2 Å². The summed E-state index contributed by atoms with van der Waals surface area (Å²) in [4.78, 5) is 11.6. The number of nitrogens with one attached hydrogen (secondary N) is 1. The van der Waals surface area contributed by atoms with Gasteiger partial charge in [0, 0.05) is 6.42 Å². The molecule has 0 bridgehead atoms. The monoisotopic (exact) mass is 406 g/mol. The van der Waals surface area contributed by atoms with Crippen LogP contribution in [-0.2, 0) is 4.79 Å². The first-order valence-corrected chi connectivity index (χ1v) is 12.1. The standard InChI is InChI=1S/C24H42N2O3/c1-14(4-7-21(29)26-25)17-5-6-18-22-19(9-11-24(17,18)3)23(2)10-8-16(27)12-15(23)13-20(22)28/h14-20,22,27-28H,4-13,25H2,1-3H3,(H,26,29)/t14-,15-,16+,17+,18-,19-,20-,22-,23+,24-/m1/s1. The molecule has 0 radical (unpaired) electrons. The van der Waals surface area contributed by atoms with E-state index in [4.69, 9.17) is 5.84 Å². The van der Waals surface area contributed by atoms with Gasteiger partial charge in [0.25, 0.3) is 0 Å². The Morgan fingerprint density at radius 2 is 1.76 bits per heavy atom. The van der Waals surface area contributed by atoms with Crippen molar-refractivity contribution in [3.8, 4) is 0 Å². The number of hydrogen-bond donors (Lipinski definition) is 4. The molecule has 5 heteroatoms. The Hall–Kier alpha value is -0.650. The lowest BCUT2D eigenvalue weighted by Crippen LogP contribution is -2.58. The second-order valence-electron chi connectivity index (χ2n) is 11.5. The van der Waals surface area contributed by atoms with Crippen molar-refractivity contribution < 1.29 is 15.0 Å². The number of fused-ring (bicyclic) bond motifs is 5. The molecule has 0 unspecified atom stereocenters. The molecule has 5 N–H and O–H groups in total. The molecule has 0 aromatic rings. The van der Waals surface area contributed by atoms with Gasteiger partial charge in [0.1, 0.15) is 0 Å². The highest BCUT2D eigenvalue weighted by atomic mass is 16.3. The van der Waals surface area contributed by atoms with Gasteiger partial charge in [0.2, 0.25) is 5.91 Å². The highest BCUT2D eigenvalue weighted by molar-refractivity contribution is 5.75. The zero-order valence-corrected chi connectivity index (χ0v) is 18.6. The fourth-order valence-corrected chi connectivity index (χ4v) is 8.81. The van der Waals surface area contributed by atoms with Crippen molar-refractivity contribution in [1.29, 1.82) is 0 Å². The van der Waals surface area contributed by atoms with Gasteiger partial charge >= 0.3 is 0 Å². The van der Waals surface area contributed by atoms with Crippen LogP contribution in [0.1, 0.15) is 85.0 Å². The first-order valence-electron chi connectivity index (χ1n) is 12.1. The van der Waals surface area contributed by atoms with Gasteiger partial charge in [-0.1, -0.05) is 20.8 Å². The van der Waals surface area contributed by atoms with Crippen molar-refractivity contribution in [1.82, 2.24) is 5.43 Å². The van der Waals surface area contributed by atoms with Crippen molar-refractivity contribution >= 4 is 5.91 Å². The molecule has 4 aliphatic rings. The minimum Gasteiger partial charge on any atom is -0.393 e. The number of aliphatic hydroxyl groups excluding tert-OH is 2. The molecule has 4 rings (SSSR count). The van der Waals surface area contributed by atoms with Gasteiger partial charge in [-0.2, -0.15) is 0 Å². The van der Waals surface area contributed by atoms with Crippen molar-refractivity contribution in [2.75, 3.05) is 0 Å². The highest BCUT2D eigenvalue weighted by Gasteiger charge is 2.62. The summed E-state index contributed by atoms with van der Waals surface area (Å²) in [7, 11) is 0. The maximum Gasteiger partial charge on any atom is 0.233 e. The van der Waals surface area contributed by atoms with Gasteiger partial charge < -0.3 is 10.2 Å². The summed E-state index contributed by atoms with van der Waals surface area (Å²) in [6.07, 6.45) is 9.70. The summed E-state index contributed by atoms with van der Waals surface area (Å²) in [6.45, 7) is 7.26. The molecule has 10 atom stereocenters. The largest absolute Gasteiger partial charge is 0.393 e. The van der Waals surface area contributed by atoms with E-state index in [0.29, 0.717) is 41.9 Å². The third-order valence-electron chi connectivity index (χ3n) is 10.4. The number of aliphatic hydroxyl groups is 2. The smallest absolute Gasteiger partial charge is 0.233 e. The third-order valence-corrected chi connectivity index (χ3v) is 10.4. The summed E-state index contributed by atoms with van der Waals surface area (Å²) in [5.41, 5.74) is 2.82. The van der Waals surface area contributed by atoms with E-state index in [-0.39, 0.29) is 28.9 Å². The third kappa shape index (κ3) is 3.45. The summed E-state index contributed by atoms with van der Waals surface area (Å²) in [6, 6.07) is 0. The number of amides is 1. The molecule has 1 amide bonds. The van der Waals surface area contributed by atoms with Crippen LogP contribution >= 0.6 is 0 Å². The van der Waals surface area contributed by atoms with E-state index >= 15 is 0 Å². The summed E-state index contributed by atoms with van der Waals surface area (Å²) < 4.78 is 0. The Labute approximate surface area is 176 Å². The van der Waals surface area contributed by atoms with Crippen molar-refractivity contribution in [2.24, 2.45) is 52.2 Å². The molecule has 4 saturated carbocycles. The minimum atomic E-state index is -0.218. The Balaban J connectivity index is 1.53. The van der Waals surface area contributed by atoms with E-state index in [1.54, 1.807) is 0 Å². The van der Waals surface area contributed by atoms with E-state index in [9.17, 15) is 15.0 Å². The van der Waals surface area contributed by atoms with Crippen LogP contribution in [-0.4, -0.2) is 28.3 Å². The zero-order chi connectivity index (χ0) is 21.0. The molecule has 0 heterocycles.